The molecule has 0 saturated carbocycles. The number of ether oxygens (including phenoxy) is 1. The van der Waals surface area contributed by atoms with Crippen LogP contribution in [0.1, 0.15) is 22.8 Å². The van der Waals surface area contributed by atoms with Crippen LogP contribution in [-0.2, 0) is 9.53 Å². The minimum absolute atomic E-state index is 0.0264. The minimum atomic E-state index is -1.12. The second-order valence-corrected chi connectivity index (χ2v) is 5.54. The summed E-state index contributed by atoms with van der Waals surface area (Å²) in [5.41, 5.74) is -0.000127. The molecular weight excluding hydrogens is 350 g/mol. The summed E-state index contributed by atoms with van der Waals surface area (Å²) in [6, 6.07) is 7.11. The Morgan fingerprint density at radius 2 is 2.04 bits per heavy atom. The minimum Gasteiger partial charge on any atom is -0.449 e. The SMILES string of the molecule is Cc1c(C(=O)O[C@@H](C)C(=O)Nc2ccc(Cl)cn2)cccc1[N+](=O)[O-]. The number of carbonyl (C=O) groups is 2. The third kappa shape index (κ3) is 4.51. The summed E-state index contributed by atoms with van der Waals surface area (Å²) in [5.74, 6) is -1.16. The Morgan fingerprint density at radius 1 is 1.32 bits per heavy atom. The predicted octanol–water partition coefficient (Wildman–Crippen LogP) is 3.14. The lowest BCUT2D eigenvalue weighted by Gasteiger charge is -2.14. The maximum atomic E-state index is 12.2. The number of pyridine rings is 1. The molecule has 0 unspecified atom stereocenters. The summed E-state index contributed by atoms with van der Waals surface area (Å²) in [4.78, 5) is 38.5. The summed E-state index contributed by atoms with van der Waals surface area (Å²) in [5, 5.41) is 13.8. The smallest absolute Gasteiger partial charge is 0.339 e. The van der Waals surface area contributed by atoms with E-state index >= 15 is 0 Å². The average Bonchev–Trinajstić information content (AvgIpc) is 2.56. The number of nitrogens with one attached hydrogen (secondary N) is 1. The predicted molar refractivity (Wildman–Crippen MR) is 90.6 cm³/mol. The molecule has 2 aromatic rings. The molecule has 0 bridgehead atoms. The standard InChI is InChI=1S/C16H14ClN3O5/c1-9-12(4-3-5-13(9)20(23)24)16(22)25-10(2)15(21)19-14-7-6-11(17)8-18-14/h3-8,10H,1-2H3,(H,18,19,21)/t10-/m0/s1. The molecule has 0 aliphatic rings. The Morgan fingerprint density at radius 3 is 2.64 bits per heavy atom. The highest BCUT2D eigenvalue weighted by molar-refractivity contribution is 6.30. The molecule has 1 atom stereocenters. The van der Waals surface area contributed by atoms with Crippen molar-refractivity contribution in [3.05, 3.63) is 62.8 Å². The normalized spacial score (nSPS) is 11.5. The Kier molecular flexibility index (Phi) is 5.66. The lowest BCUT2D eigenvalue weighted by atomic mass is 10.1. The van der Waals surface area contributed by atoms with Crippen LogP contribution in [0.3, 0.4) is 0 Å². The number of rotatable bonds is 5. The van der Waals surface area contributed by atoms with Crippen LogP contribution in [0.2, 0.25) is 5.02 Å². The van der Waals surface area contributed by atoms with E-state index in [0.717, 1.165) is 0 Å². The van der Waals surface area contributed by atoms with E-state index in [1.807, 2.05) is 0 Å². The summed E-state index contributed by atoms with van der Waals surface area (Å²) in [6.07, 6.45) is 0.240. The zero-order chi connectivity index (χ0) is 18.6. The molecule has 1 heterocycles. The van der Waals surface area contributed by atoms with Gasteiger partial charge in [-0.1, -0.05) is 17.7 Å². The van der Waals surface area contributed by atoms with Crippen LogP contribution in [0.25, 0.3) is 0 Å². The van der Waals surface area contributed by atoms with Crippen LogP contribution < -0.4 is 5.32 Å². The van der Waals surface area contributed by atoms with Gasteiger partial charge in [-0.25, -0.2) is 9.78 Å². The van der Waals surface area contributed by atoms with Crippen molar-refractivity contribution in [2.45, 2.75) is 20.0 Å². The molecule has 0 fully saturated rings. The highest BCUT2D eigenvalue weighted by atomic mass is 35.5. The largest absolute Gasteiger partial charge is 0.449 e. The van der Waals surface area contributed by atoms with Crippen molar-refractivity contribution in [2.75, 3.05) is 5.32 Å². The number of hydrogen-bond acceptors (Lipinski definition) is 6. The van der Waals surface area contributed by atoms with E-state index in [-0.39, 0.29) is 22.6 Å². The summed E-state index contributed by atoms with van der Waals surface area (Å²) >= 11 is 5.70. The van der Waals surface area contributed by atoms with E-state index in [0.29, 0.717) is 5.02 Å². The van der Waals surface area contributed by atoms with Gasteiger partial charge < -0.3 is 10.1 Å². The molecule has 1 amide bonds. The molecule has 1 N–H and O–H groups in total. The summed E-state index contributed by atoms with van der Waals surface area (Å²) < 4.78 is 5.08. The Labute approximate surface area is 147 Å². The number of nitro groups is 1. The molecule has 0 saturated heterocycles. The number of amides is 1. The van der Waals surface area contributed by atoms with E-state index in [9.17, 15) is 19.7 Å². The van der Waals surface area contributed by atoms with Crippen LogP contribution in [0.15, 0.2) is 36.5 Å². The number of benzene rings is 1. The van der Waals surface area contributed by atoms with Crippen LogP contribution in [0.5, 0.6) is 0 Å². The topological polar surface area (TPSA) is 111 Å². The number of nitrogens with zero attached hydrogens (tertiary/aromatic N) is 2. The van der Waals surface area contributed by atoms with Gasteiger partial charge in [0.15, 0.2) is 6.10 Å². The lowest BCUT2D eigenvalue weighted by molar-refractivity contribution is -0.385. The number of carbonyl (C=O) groups excluding carboxylic acids is 2. The maximum absolute atomic E-state index is 12.2. The summed E-state index contributed by atoms with van der Waals surface area (Å²) in [7, 11) is 0. The second-order valence-electron chi connectivity index (χ2n) is 5.11. The van der Waals surface area contributed by atoms with Gasteiger partial charge in [0.25, 0.3) is 11.6 Å². The average molecular weight is 364 g/mol. The molecule has 25 heavy (non-hydrogen) atoms. The van der Waals surface area contributed by atoms with Gasteiger partial charge in [-0.2, -0.15) is 0 Å². The van der Waals surface area contributed by atoms with Crippen molar-refractivity contribution in [1.82, 2.24) is 4.98 Å². The molecule has 0 spiro atoms. The van der Waals surface area contributed by atoms with E-state index < -0.39 is 22.9 Å². The first-order chi connectivity index (χ1) is 11.8. The monoisotopic (exact) mass is 363 g/mol. The van der Waals surface area contributed by atoms with Gasteiger partial charge in [0.1, 0.15) is 5.82 Å². The van der Waals surface area contributed by atoms with Gasteiger partial charge in [0.2, 0.25) is 0 Å². The lowest BCUT2D eigenvalue weighted by Crippen LogP contribution is -2.30. The highest BCUT2D eigenvalue weighted by Crippen LogP contribution is 2.22. The van der Waals surface area contributed by atoms with Crippen LogP contribution in [-0.4, -0.2) is 27.9 Å². The van der Waals surface area contributed by atoms with E-state index in [2.05, 4.69) is 10.3 Å². The van der Waals surface area contributed by atoms with E-state index in [1.165, 1.54) is 44.3 Å². The Balaban J connectivity index is 2.07. The zero-order valence-corrected chi connectivity index (χ0v) is 14.1. The molecular formula is C16H14ClN3O5. The van der Waals surface area contributed by atoms with Crippen molar-refractivity contribution in [2.24, 2.45) is 0 Å². The molecule has 1 aromatic carbocycles. The first-order valence-corrected chi connectivity index (χ1v) is 7.54. The third-order valence-electron chi connectivity index (χ3n) is 3.35. The Hall–Kier alpha value is -3.00. The fourth-order valence-electron chi connectivity index (χ4n) is 2.00. The van der Waals surface area contributed by atoms with Gasteiger partial charge in [-0.05, 0) is 32.0 Å². The van der Waals surface area contributed by atoms with Gasteiger partial charge >= 0.3 is 5.97 Å². The number of nitro benzene ring substituents is 1. The highest BCUT2D eigenvalue weighted by Gasteiger charge is 2.23. The third-order valence-corrected chi connectivity index (χ3v) is 3.58. The number of halogens is 1. The van der Waals surface area contributed by atoms with Gasteiger partial charge in [0.05, 0.1) is 15.5 Å². The fraction of sp³-hybridized carbons (Fsp3) is 0.188. The van der Waals surface area contributed by atoms with Crippen molar-refractivity contribution in [3.8, 4) is 0 Å². The number of aromatic nitrogens is 1. The first-order valence-electron chi connectivity index (χ1n) is 7.17. The van der Waals surface area contributed by atoms with Crippen molar-refractivity contribution >= 4 is 35.0 Å². The molecule has 9 heteroatoms. The van der Waals surface area contributed by atoms with Crippen molar-refractivity contribution < 1.29 is 19.2 Å². The van der Waals surface area contributed by atoms with E-state index in [1.54, 1.807) is 6.07 Å². The van der Waals surface area contributed by atoms with Gasteiger partial charge in [-0.15, -0.1) is 0 Å². The molecule has 0 aliphatic heterocycles. The van der Waals surface area contributed by atoms with Crippen molar-refractivity contribution in [1.29, 1.82) is 0 Å². The molecule has 1 aromatic heterocycles. The van der Waals surface area contributed by atoms with Crippen LogP contribution in [0, 0.1) is 17.0 Å². The van der Waals surface area contributed by atoms with Crippen molar-refractivity contribution in [3.63, 3.8) is 0 Å². The first kappa shape index (κ1) is 18.3. The number of esters is 1. The van der Waals surface area contributed by atoms with E-state index in [4.69, 9.17) is 16.3 Å². The zero-order valence-electron chi connectivity index (χ0n) is 13.4. The van der Waals surface area contributed by atoms with Gasteiger partial charge in [0, 0.05) is 17.8 Å². The number of anilines is 1. The number of hydrogen-bond donors (Lipinski definition) is 1. The second kappa shape index (κ2) is 7.71. The molecule has 0 aliphatic carbocycles. The maximum Gasteiger partial charge on any atom is 0.339 e. The van der Waals surface area contributed by atoms with Gasteiger partial charge in [-0.3, -0.25) is 14.9 Å². The molecule has 0 radical (unpaired) electrons. The molecule has 130 valence electrons. The Bertz CT molecular complexity index is 823. The van der Waals surface area contributed by atoms with Crippen LogP contribution in [0.4, 0.5) is 11.5 Å². The molecule has 8 nitrogen and oxygen atoms in total. The van der Waals surface area contributed by atoms with Crippen LogP contribution >= 0.6 is 11.6 Å². The fourth-order valence-corrected chi connectivity index (χ4v) is 2.11. The summed E-state index contributed by atoms with van der Waals surface area (Å²) in [6.45, 7) is 2.83. The molecule has 2 rings (SSSR count). The quantitative estimate of drug-likeness (QED) is 0.496.